The van der Waals surface area contributed by atoms with Crippen molar-refractivity contribution >= 4 is 27.5 Å². The van der Waals surface area contributed by atoms with Gasteiger partial charge in [-0.25, -0.2) is 13.1 Å². The lowest BCUT2D eigenvalue weighted by Gasteiger charge is -2.16. The van der Waals surface area contributed by atoms with E-state index >= 15 is 0 Å². The Kier molecular flexibility index (Phi) is 7.59. The van der Waals surface area contributed by atoms with E-state index in [9.17, 15) is 31.2 Å². The van der Waals surface area contributed by atoms with Crippen LogP contribution in [0.1, 0.15) is 24.8 Å². The SMILES string of the molecule is O=C(CCNS(=O)(=O)c1ccc(OC(F)(F)F)cc1)NCc1cccc(N2CCCC2=O)c1. The molecule has 3 rings (SSSR count). The van der Waals surface area contributed by atoms with Crippen LogP contribution < -0.4 is 19.7 Å². The molecule has 2 aromatic rings. The normalized spacial score (nSPS) is 14.4. The Morgan fingerprint density at radius 2 is 1.85 bits per heavy atom. The molecule has 2 N–H and O–H groups in total. The second-order valence-electron chi connectivity index (χ2n) is 7.26. The molecule has 0 atom stereocenters. The third kappa shape index (κ3) is 7.19. The molecule has 0 aromatic heterocycles. The largest absolute Gasteiger partial charge is 0.573 e. The van der Waals surface area contributed by atoms with Crippen molar-refractivity contribution < 1.29 is 35.9 Å². The van der Waals surface area contributed by atoms with Crippen molar-refractivity contribution in [3.05, 3.63) is 54.1 Å². The van der Waals surface area contributed by atoms with Crippen molar-refractivity contribution in [1.82, 2.24) is 10.0 Å². The Balaban J connectivity index is 1.46. The van der Waals surface area contributed by atoms with Crippen LogP contribution >= 0.6 is 0 Å². The molecule has 178 valence electrons. The zero-order valence-electron chi connectivity index (χ0n) is 17.4. The number of anilines is 1. The zero-order valence-corrected chi connectivity index (χ0v) is 18.2. The highest BCUT2D eigenvalue weighted by Crippen LogP contribution is 2.24. The topological polar surface area (TPSA) is 105 Å². The summed E-state index contributed by atoms with van der Waals surface area (Å²) in [7, 11) is -4.01. The standard InChI is InChI=1S/C21H22F3N3O5S/c22-21(23,24)32-17-6-8-18(9-7-17)33(30,31)26-11-10-19(28)25-14-15-3-1-4-16(13-15)27-12-2-5-20(27)29/h1,3-4,6-9,13,26H,2,5,10-12,14H2,(H,25,28). The molecule has 12 heteroatoms. The molecular formula is C21H22F3N3O5S. The number of carbonyl (C=O) groups excluding carboxylic acids is 2. The number of benzene rings is 2. The maximum absolute atomic E-state index is 12.2. The number of halogens is 3. The number of rotatable bonds is 9. The van der Waals surface area contributed by atoms with Gasteiger partial charge in [0.05, 0.1) is 4.90 Å². The van der Waals surface area contributed by atoms with Crippen LogP contribution in [0.2, 0.25) is 0 Å². The van der Waals surface area contributed by atoms with E-state index in [2.05, 4.69) is 14.8 Å². The second kappa shape index (κ2) is 10.2. The summed E-state index contributed by atoms with van der Waals surface area (Å²) in [4.78, 5) is 25.4. The van der Waals surface area contributed by atoms with E-state index in [4.69, 9.17) is 0 Å². The molecule has 33 heavy (non-hydrogen) atoms. The fourth-order valence-electron chi connectivity index (χ4n) is 3.25. The monoisotopic (exact) mass is 485 g/mol. The maximum atomic E-state index is 12.2. The van der Waals surface area contributed by atoms with Gasteiger partial charge in [-0.2, -0.15) is 0 Å². The van der Waals surface area contributed by atoms with Crippen LogP contribution in [0.3, 0.4) is 0 Å². The van der Waals surface area contributed by atoms with Gasteiger partial charge in [0.1, 0.15) is 5.75 Å². The minimum Gasteiger partial charge on any atom is -0.406 e. The molecule has 0 radical (unpaired) electrons. The van der Waals surface area contributed by atoms with Gasteiger partial charge in [-0.15, -0.1) is 13.2 Å². The molecule has 2 aromatic carbocycles. The third-order valence-corrected chi connectivity index (χ3v) is 6.27. The third-order valence-electron chi connectivity index (χ3n) is 4.80. The van der Waals surface area contributed by atoms with Crippen molar-refractivity contribution in [2.75, 3.05) is 18.0 Å². The molecule has 1 fully saturated rings. The summed E-state index contributed by atoms with van der Waals surface area (Å²) >= 11 is 0. The van der Waals surface area contributed by atoms with Crippen molar-refractivity contribution in [2.24, 2.45) is 0 Å². The number of ether oxygens (including phenoxy) is 1. The summed E-state index contributed by atoms with van der Waals surface area (Å²) in [6, 6.07) is 11.0. The molecule has 0 aliphatic carbocycles. The van der Waals surface area contributed by atoms with Crippen LogP contribution in [0.15, 0.2) is 53.4 Å². The lowest BCUT2D eigenvalue weighted by molar-refractivity contribution is -0.274. The summed E-state index contributed by atoms with van der Waals surface area (Å²) in [6.07, 6.45) is -3.69. The average molecular weight is 485 g/mol. The van der Waals surface area contributed by atoms with E-state index in [0.29, 0.717) is 13.0 Å². The predicted molar refractivity (Wildman–Crippen MR) is 113 cm³/mol. The Labute approximate surface area is 188 Å². The molecule has 1 saturated heterocycles. The zero-order chi connectivity index (χ0) is 24.1. The van der Waals surface area contributed by atoms with Gasteiger partial charge in [0.15, 0.2) is 0 Å². The smallest absolute Gasteiger partial charge is 0.406 e. The van der Waals surface area contributed by atoms with Crippen molar-refractivity contribution in [3.8, 4) is 5.75 Å². The van der Waals surface area contributed by atoms with E-state index in [-0.39, 0.29) is 30.3 Å². The summed E-state index contributed by atoms with van der Waals surface area (Å²) in [5, 5.41) is 2.68. The Morgan fingerprint density at radius 3 is 2.48 bits per heavy atom. The summed E-state index contributed by atoms with van der Waals surface area (Å²) in [6.45, 7) is 0.673. The molecule has 1 heterocycles. The summed E-state index contributed by atoms with van der Waals surface area (Å²) in [5.41, 5.74) is 1.56. The Bertz CT molecular complexity index is 1100. The van der Waals surface area contributed by atoms with Gasteiger partial charge in [0, 0.05) is 38.2 Å². The van der Waals surface area contributed by atoms with Gasteiger partial charge in [-0.3, -0.25) is 9.59 Å². The van der Waals surface area contributed by atoms with Crippen LogP contribution in [0.25, 0.3) is 0 Å². The van der Waals surface area contributed by atoms with E-state index in [1.54, 1.807) is 17.0 Å². The molecule has 0 unspecified atom stereocenters. The van der Waals surface area contributed by atoms with E-state index < -0.39 is 28.0 Å². The van der Waals surface area contributed by atoms with Crippen molar-refractivity contribution in [3.63, 3.8) is 0 Å². The number of alkyl halides is 3. The van der Waals surface area contributed by atoms with Crippen LogP contribution in [0.4, 0.5) is 18.9 Å². The fourth-order valence-corrected chi connectivity index (χ4v) is 4.28. The van der Waals surface area contributed by atoms with Gasteiger partial charge in [-0.05, 0) is 48.4 Å². The van der Waals surface area contributed by atoms with Crippen molar-refractivity contribution in [2.45, 2.75) is 37.1 Å². The highest BCUT2D eigenvalue weighted by Gasteiger charge is 2.31. The van der Waals surface area contributed by atoms with Gasteiger partial charge >= 0.3 is 6.36 Å². The molecule has 8 nitrogen and oxygen atoms in total. The fraction of sp³-hybridized carbons (Fsp3) is 0.333. The maximum Gasteiger partial charge on any atom is 0.573 e. The number of hydrogen-bond donors (Lipinski definition) is 2. The molecule has 1 aliphatic rings. The second-order valence-corrected chi connectivity index (χ2v) is 9.03. The molecule has 2 amide bonds. The van der Waals surface area contributed by atoms with Gasteiger partial charge < -0.3 is 15.0 Å². The number of carbonyl (C=O) groups is 2. The van der Waals surface area contributed by atoms with Crippen LogP contribution in [0, 0.1) is 0 Å². The number of sulfonamides is 1. The summed E-state index contributed by atoms with van der Waals surface area (Å²) < 4.78 is 67.0. The first-order valence-corrected chi connectivity index (χ1v) is 11.5. The first-order chi connectivity index (χ1) is 15.5. The van der Waals surface area contributed by atoms with Gasteiger partial charge in [-0.1, -0.05) is 12.1 Å². The molecule has 0 bridgehead atoms. The molecule has 1 aliphatic heterocycles. The molecular weight excluding hydrogens is 463 g/mol. The molecule has 0 saturated carbocycles. The van der Waals surface area contributed by atoms with E-state index in [1.165, 1.54) is 0 Å². The highest BCUT2D eigenvalue weighted by atomic mass is 32.2. The quantitative estimate of drug-likeness (QED) is 0.568. The van der Waals surface area contributed by atoms with Gasteiger partial charge in [0.25, 0.3) is 0 Å². The van der Waals surface area contributed by atoms with Gasteiger partial charge in [0.2, 0.25) is 21.8 Å². The Hall–Kier alpha value is -3.12. The number of amides is 2. The van der Waals surface area contributed by atoms with Crippen LogP contribution in [0.5, 0.6) is 5.75 Å². The minimum atomic E-state index is -4.88. The van der Waals surface area contributed by atoms with E-state index in [1.807, 2.05) is 12.1 Å². The number of nitrogens with one attached hydrogen (secondary N) is 2. The summed E-state index contributed by atoms with van der Waals surface area (Å²) in [5.74, 6) is -0.876. The lowest BCUT2D eigenvalue weighted by atomic mass is 10.2. The number of nitrogens with zero attached hydrogens (tertiary/aromatic N) is 1. The number of hydrogen-bond acceptors (Lipinski definition) is 5. The van der Waals surface area contributed by atoms with Crippen molar-refractivity contribution in [1.29, 1.82) is 0 Å². The molecule has 0 spiro atoms. The average Bonchev–Trinajstić information content (AvgIpc) is 3.17. The Morgan fingerprint density at radius 1 is 1.12 bits per heavy atom. The highest BCUT2D eigenvalue weighted by molar-refractivity contribution is 7.89. The lowest BCUT2D eigenvalue weighted by Crippen LogP contribution is -2.30. The predicted octanol–water partition coefficient (Wildman–Crippen LogP) is 2.70. The first kappa shape index (κ1) is 24.5. The first-order valence-electron chi connectivity index (χ1n) is 10.0. The minimum absolute atomic E-state index is 0.0611. The van der Waals surface area contributed by atoms with Crippen LogP contribution in [-0.4, -0.2) is 39.7 Å². The van der Waals surface area contributed by atoms with E-state index in [0.717, 1.165) is 41.9 Å². The van der Waals surface area contributed by atoms with Crippen LogP contribution in [-0.2, 0) is 26.2 Å².